The van der Waals surface area contributed by atoms with Crippen LogP contribution in [0, 0.1) is 5.82 Å². The number of nitrogens with one attached hydrogen (secondary N) is 2. The van der Waals surface area contributed by atoms with Crippen molar-refractivity contribution in [3.05, 3.63) is 78.1 Å². The summed E-state index contributed by atoms with van der Waals surface area (Å²) in [7, 11) is 0. The highest BCUT2D eigenvalue weighted by Crippen LogP contribution is 2.32. The number of imidazole rings is 1. The van der Waals surface area contributed by atoms with Crippen molar-refractivity contribution in [1.29, 1.82) is 0 Å². The first-order chi connectivity index (χ1) is 13.2. The zero-order chi connectivity index (χ0) is 18.4. The molecular weight excluding hydrogens is 343 g/mol. The molecule has 1 amide bonds. The van der Waals surface area contributed by atoms with Crippen LogP contribution in [0.25, 0.3) is 22.4 Å². The molecule has 6 heteroatoms. The van der Waals surface area contributed by atoms with Crippen LogP contribution in [0.5, 0.6) is 0 Å². The zero-order valence-corrected chi connectivity index (χ0v) is 14.0. The molecule has 1 aromatic heterocycles. The van der Waals surface area contributed by atoms with Crippen LogP contribution in [0.3, 0.4) is 0 Å². The lowest BCUT2D eigenvalue weighted by Crippen LogP contribution is -2.14. The zero-order valence-electron chi connectivity index (χ0n) is 14.0. The van der Waals surface area contributed by atoms with Gasteiger partial charge in [0.1, 0.15) is 17.4 Å². The molecule has 0 fully saturated rings. The van der Waals surface area contributed by atoms with Crippen LogP contribution >= 0.6 is 0 Å². The number of fused-ring (bicyclic) bond motifs is 2. The molecule has 0 saturated carbocycles. The summed E-state index contributed by atoms with van der Waals surface area (Å²) in [5, 5.41) is 2.72. The molecule has 0 bridgehead atoms. The van der Waals surface area contributed by atoms with E-state index in [-0.39, 0.29) is 11.6 Å². The molecule has 0 aliphatic carbocycles. The van der Waals surface area contributed by atoms with Gasteiger partial charge in [-0.2, -0.15) is 0 Å². The molecule has 1 aliphatic rings. The minimum absolute atomic E-state index is 0.188. The number of nitrogens with zero attached hydrogens (tertiary/aromatic N) is 2. The monoisotopic (exact) mass is 356 g/mol. The van der Waals surface area contributed by atoms with Crippen LogP contribution in [0.2, 0.25) is 0 Å². The molecular formula is C21H13FN4O. The molecule has 0 saturated heterocycles. The Balaban J connectivity index is 1.67. The van der Waals surface area contributed by atoms with Gasteiger partial charge in [-0.25, -0.2) is 14.4 Å². The normalized spacial score (nSPS) is 14.6. The fourth-order valence-corrected chi connectivity index (χ4v) is 3.21. The summed E-state index contributed by atoms with van der Waals surface area (Å²) >= 11 is 0. The van der Waals surface area contributed by atoms with Crippen molar-refractivity contribution in [1.82, 2.24) is 9.97 Å². The van der Waals surface area contributed by atoms with Gasteiger partial charge in [0, 0.05) is 11.1 Å². The van der Waals surface area contributed by atoms with Gasteiger partial charge in [-0.1, -0.05) is 24.3 Å². The van der Waals surface area contributed by atoms with Gasteiger partial charge in [0.05, 0.1) is 22.4 Å². The van der Waals surface area contributed by atoms with E-state index in [0.717, 1.165) is 16.6 Å². The SMILES string of the molecule is O=C1Nc2ccc(F)cc2C1=Nc1ccccc1-c1nc2ccccc2[nH]1. The van der Waals surface area contributed by atoms with Crippen molar-refractivity contribution in [3.63, 3.8) is 0 Å². The first kappa shape index (κ1) is 15.5. The summed E-state index contributed by atoms with van der Waals surface area (Å²) in [6.07, 6.45) is 0. The topological polar surface area (TPSA) is 70.1 Å². The van der Waals surface area contributed by atoms with Gasteiger partial charge in [-0.3, -0.25) is 4.79 Å². The van der Waals surface area contributed by atoms with Crippen molar-refractivity contribution in [2.45, 2.75) is 0 Å². The molecule has 2 heterocycles. The van der Waals surface area contributed by atoms with Crippen molar-refractivity contribution in [2.24, 2.45) is 4.99 Å². The van der Waals surface area contributed by atoms with E-state index in [9.17, 15) is 9.18 Å². The van der Waals surface area contributed by atoms with E-state index in [2.05, 4.69) is 20.3 Å². The smallest absolute Gasteiger partial charge is 0.275 e. The fourth-order valence-electron chi connectivity index (χ4n) is 3.21. The Kier molecular flexibility index (Phi) is 3.36. The first-order valence-electron chi connectivity index (χ1n) is 8.43. The molecule has 1 aliphatic heterocycles. The molecule has 0 radical (unpaired) electrons. The quantitative estimate of drug-likeness (QED) is 0.557. The lowest BCUT2D eigenvalue weighted by molar-refractivity contribution is -0.110. The lowest BCUT2D eigenvalue weighted by Gasteiger charge is -2.04. The third-order valence-corrected chi connectivity index (χ3v) is 4.48. The number of benzene rings is 3. The fraction of sp³-hybridized carbons (Fsp3) is 0. The average Bonchev–Trinajstić information content (AvgIpc) is 3.24. The van der Waals surface area contributed by atoms with Crippen molar-refractivity contribution < 1.29 is 9.18 Å². The van der Waals surface area contributed by atoms with E-state index in [4.69, 9.17) is 0 Å². The maximum Gasteiger partial charge on any atom is 0.275 e. The molecule has 3 aromatic carbocycles. The Morgan fingerprint density at radius 1 is 0.926 bits per heavy atom. The molecule has 0 spiro atoms. The predicted octanol–water partition coefficient (Wildman–Crippen LogP) is 4.44. The third kappa shape index (κ3) is 2.58. The van der Waals surface area contributed by atoms with E-state index in [1.54, 1.807) is 6.07 Å². The van der Waals surface area contributed by atoms with E-state index >= 15 is 0 Å². The number of H-pyrrole nitrogens is 1. The van der Waals surface area contributed by atoms with Crippen LogP contribution < -0.4 is 5.32 Å². The summed E-state index contributed by atoms with van der Waals surface area (Å²) in [6.45, 7) is 0. The number of hydrogen-bond acceptors (Lipinski definition) is 3. The molecule has 130 valence electrons. The summed E-state index contributed by atoms with van der Waals surface area (Å²) < 4.78 is 13.7. The number of carbonyl (C=O) groups excluding carboxylic acids is 1. The lowest BCUT2D eigenvalue weighted by atomic mass is 10.1. The summed E-state index contributed by atoms with van der Waals surface area (Å²) in [5.41, 5.74) is 4.31. The van der Waals surface area contributed by atoms with Gasteiger partial charge in [0.15, 0.2) is 0 Å². The van der Waals surface area contributed by atoms with Gasteiger partial charge < -0.3 is 10.3 Å². The highest BCUT2D eigenvalue weighted by Gasteiger charge is 2.26. The highest BCUT2D eigenvalue weighted by molar-refractivity contribution is 6.54. The van der Waals surface area contributed by atoms with E-state index < -0.39 is 5.82 Å². The second-order valence-electron chi connectivity index (χ2n) is 6.22. The third-order valence-electron chi connectivity index (χ3n) is 4.48. The second-order valence-corrected chi connectivity index (χ2v) is 6.22. The molecule has 0 atom stereocenters. The van der Waals surface area contributed by atoms with Crippen molar-refractivity contribution in [3.8, 4) is 11.4 Å². The van der Waals surface area contributed by atoms with E-state index in [1.165, 1.54) is 18.2 Å². The summed E-state index contributed by atoms with van der Waals surface area (Å²) in [5.74, 6) is -0.104. The molecule has 4 aromatic rings. The number of hydrogen-bond donors (Lipinski definition) is 2. The van der Waals surface area contributed by atoms with E-state index in [1.807, 2.05) is 42.5 Å². The second kappa shape index (κ2) is 5.88. The Morgan fingerprint density at radius 2 is 1.74 bits per heavy atom. The predicted molar refractivity (Wildman–Crippen MR) is 103 cm³/mol. The van der Waals surface area contributed by atoms with Crippen molar-refractivity contribution >= 4 is 34.0 Å². The van der Waals surface area contributed by atoms with Crippen LogP contribution in [0.1, 0.15) is 5.56 Å². The molecule has 2 N–H and O–H groups in total. The van der Waals surface area contributed by atoms with Crippen LogP contribution in [0.15, 0.2) is 71.7 Å². The van der Waals surface area contributed by atoms with Gasteiger partial charge in [0.25, 0.3) is 5.91 Å². The molecule has 5 rings (SSSR count). The van der Waals surface area contributed by atoms with Gasteiger partial charge in [-0.05, 0) is 42.5 Å². The first-order valence-corrected chi connectivity index (χ1v) is 8.43. The van der Waals surface area contributed by atoms with Gasteiger partial charge >= 0.3 is 0 Å². The summed E-state index contributed by atoms with van der Waals surface area (Å²) in [4.78, 5) is 24.8. The number of aromatic nitrogens is 2. The number of rotatable bonds is 2. The van der Waals surface area contributed by atoms with Crippen molar-refractivity contribution in [2.75, 3.05) is 5.32 Å². The number of anilines is 1. The average molecular weight is 356 g/mol. The maximum absolute atomic E-state index is 13.7. The number of amides is 1. The molecule has 0 unspecified atom stereocenters. The molecule has 5 nitrogen and oxygen atoms in total. The Hall–Kier alpha value is -3.80. The number of aliphatic imine (C=N–C) groups is 1. The Labute approximate surface area is 153 Å². The maximum atomic E-state index is 13.7. The van der Waals surface area contributed by atoms with Crippen LogP contribution in [-0.2, 0) is 4.79 Å². The highest BCUT2D eigenvalue weighted by atomic mass is 19.1. The summed E-state index contributed by atoms with van der Waals surface area (Å²) in [6, 6.07) is 19.3. The molecule has 27 heavy (non-hydrogen) atoms. The standard InChI is InChI=1S/C21H13FN4O/c22-12-9-10-16-14(11-12)19(21(27)26-16)23-15-6-2-1-5-13(15)20-24-17-7-3-4-8-18(17)25-20/h1-11H,(H,24,25)(H,23,26,27). The van der Waals surface area contributed by atoms with Gasteiger partial charge in [-0.15, -0.1) is 0 Å². The van der Waals surface area contributed by atoms with Gasteiger partial charge in [0.2, 0.25) is 0 Å². The number of para-hydroxylation sites is 3. The largest absolute Gasteiger partial charge is 0.338 e. The number of carbonyl (C=O) groups is 1. The van der Waals surface area contributed by atoms with E-state index in [0.29, 0.717) is 22.8 Å². The Morgan fingerprint density at radius 3 is 2.63 bits per heavy atom. The van der Waals surface area contributed by atoms with Crippen LogP contribution in [0.4, 0.5) is 15.8 Å². The minimum atomic E-state index is -0.413. The van der Waals surface area contributed by atoms with Crippen LogP contribution in [-0.4, -0.2) is 21.6 Å². The number of aromatic amines is 1. The Bertz CT molecular complexity index is 1210. The minimum Gasteiger partial charge on any atom is -0.338 e. The number of halogens is 1.